The van der Waals surface area contributed by atoms with Crippen LogP contribution in [0.5, 0.6) is 0 Å². The molecule has 2 aliphatic heterocycles. The molecule has 1 atom stereocenters. The van der Waals surface area contributed by atoms with Gasteiger partial charge in [-0.15, -0.1) is 0 Å². The van der Waals surface area contributed by atoms with Gasteiger partial charge >= 0.3 is 0 Å². The third-order valence-corrected chi connectivity index (χ3v) is 5.26. The van der Waals surface area contributed by atoms with Crippen molar-refractivity contribution >= 4 is 33.3 Å². The summed E-state index contributed by atoms with van der Waals surface area (Å²) in [5.41, 5.74) is 0.955. The molecule has 2 aliphatic rings. The number of ether oxygens (including phenoxy) is 1. The maximum absolute atomic E-state index is 12.7. The van der Waals surface area contributed by atoms with E-state index in [0.29, 0.717) is 11.3 Å². The van der Waals surface area contributed by atoms with Crippen LogP contribution in [0.4, 0.5) is 5.69 Å². The summed E-state index contributed by atoms with van der Waals surface area (Å²) in [4.78, 5) is 19.5. The summed E-state index contributed by atoms with van der Waals surface area (Å²) < 4.78 is 31.0. The molecule has 0 saturated carbocycles. The van der Waals surface area contributed by atoms with Crippen molar-refractivity contribution in [3.63, 3.8) is 0 Å². The van der Waals surface area contributed by atoms with Gasteiger partial charge in [0.15, 0.2) is 0 Å². The van der Waals surface area contributed by atoms with Crippen LogP contribution in [0.2, 0.25) is 5.02 Å². The molecule has 0 unspecified atom stereocenters. The number of carbonyl (C=O) groups is 1. The Morgan fingerprint density at radius 2 is 1.66 bits per heavy atom. The van der Waals surface area contributed by atoms with E-state index in [4.69, 9.17) is 20.9 Å². The number of methoxy groups -OCH3 is 1. The molecule has 2 saturated heterocycles. The van der Waals surface area contributed by atoms with Gasteiger partial charge in [0.1, 0.15) is 0 Å². The summed E-state index contributed by atoms with van der Waals surface area (Å²) in [5, 5.41) is 0.702. The molecule has 29 heavy (non-hydrogen) atoms. The molecule has 3 rings (SSSR count). The highest BCUT2D eigenvalue weighted by Gasteiger charge is 2.34. The number of rotatable bonds is 6. The molecule has 2 fully saturated rings. The normalized spacial score (nSPS) is 21.2. The zero-order valence-corrected chi connectivity index (χ0v) is 18.5. The van der Waals surface area contributed by atoms with Gasteiger partial charge in [0, 0.05) is 63.6 Å². The molecule has 0 aliphatic carbocycles. The minimum Gasteiger partial charge on any atom is -0.383 e. The monoisotopic (exact) mass is 447 g/mol. The summed E-state index contributed by atoms with van der Waals surface area (Å²) in [5.74, 6) is 0.366. The number of carbonyl (C=O) groups excluding carboxylic acids is 1. The summed E-state index contributed by atoms with van der Waals surface area (Å²) in [7, 11) is -1.92. The Morgan fingerprint density at radius 3 is 2.21 bits per heavy atom. The molecule has 0 bridgehead atoms. The first-order valence-electron chi connectivity index (χ1n) is 9.60. The Labute approximate surface area is 178 Å². The summed E-state index contributed by atoms with van der Waals surface area (Å²) in [6.07, 6.45) is 1.65. The van der Waals surface area contributed by atoms with Crippen molar-refractivity contribution in [2.24, 2.45) is 5.92 Å². The van der Waals surface area contributed by atoms with Crippen molar-refractivity contribution in [3.8, 4) is 0 Å². The smallest absolute Gasteiger partial charge is 0.261 e. The molecule has 0 spiro atoms. The third kappa shape index (κ3) is 8.57. The van der Waals surface area contributed by atoms with Gasteiger partial charge in [0.05, 0.1) is 18.8 Å². The van der Waals surface area contributed by atoms with Gasteiger partial charge in [-0.3, -0.25) is 14.2 Å². The van der Waals surface area contributed by atoms with Crippen molar-refractivity contribution in [2.75, 3.05) is 70.7 Å². The number of amides is 1. The van der Waals surface area contributed by atoms with Gasteiger partial charge in [0.2, 0.25) is 5.91 Å². The maximum Gasteiger partial charge on any atom is 0.261 e. The zero-order valence-electron chi connectivity index (χ0n) is 17.0. The molecule has 2 heterocycles. The van der Waals surface area contributed by atoms with Gasteiger partial charge in [-0.2, -0.15) is 8.42 Å². The highest BCUT2D eigenvalue weighted by Crippen LogP contribution is 2.27. The minimum absolute atomic E-state index is 0.117. The van der Waals surface area contributed by atoms with Crippen LogP contribution in [0.1, 0.15) is 6.42 Å². The first kappa shape index (κ1) is 24.0. The van der Waals surface area contributed by atoms with E-state index < -0.39 is 10.1 Å². The van der Waals surface area contributed by atoms with Crippen LogP contribution in [0.3, 0.4) is 0 Å². The first-order valence-corrected chi connectivity index (χ1v) is 11.8. The van der Waals surface area contributed by atoms with Crippen molar-refractivity contribution in [3.05, 3.63) is 29.3 Å². The van der Waals surface area contributed by atoms with Crippen LogP contribution in [0.15, 0.2) is 24.3 Å². The standard InChI is InChI=1S/C18H26ClN3O2.CH4O3S/c1-24-13-12-20-8-10-21(11-9-20)14-15-6-7-22(18(15)23)17-4-2-16(19)3-5-17;1-5(2,3)4/h2-5,15H,6-14H2,1H3;1H3,(H,2,3,4)/t15-;/m1./s1. The Kier molecular flexibility index (Phi) is 9.32. The van der Waals surface area contributed by atoms with Gasteiger partial charge in [0.25, 0.3) is 10.1 Å². The van der Waals surface area contributed by atoms with Crippen molar-refractivity contribution in [2.45, 2.75) is 6.42 Å². The molecule has 10 heteroatoms. The second-order valence-electron chi connectivity index (χ2n) is 7.32. The van der Waals surface area contributed by atoms with E-state index in [9.17, 15) is 13.2 Å². The van der Waals surface area contributed by atoms with E-state index in [1.165, 1.54) is 0 Å². The van der Waals surface area contributed by atoms with Gasteiger partial charge in [-0.25, -0.2) is 0 Å². The van der Waals surface area contributed by atoms with Crippen LogP contribution in [0, 0.1) is 5.92 Å². The van der Waals surface area contributed by atoms with Gasteiger partial charge in [-0.1, -0.05) is 11.6 Å². The molecule has 1 amide bonds. The van der Waals surface area contributed by atoms with Gasteiger partial charge in [-0.05, 0) is 30.7 Å². The number of benzene rings is 1. The fourth-order valence-electron chi connectivity index (χ4n) is 3.51. The van der Waals surface area contributed by atoms with Gasteiger partial charge < -0.3 is 14.5 Å². The average Bonchev–Trinajstić information content (AvgIpc) is 3.01. The van der Waals surface area contributed by atoms with Crippen molar-refractivity contribution in [1.29, 1.82) is 0 Å². The van der Waals surface area contributed by atoms with Crippen LogP contribution in [-0.4, -0.2) is 94.5 Å². The SMILES string of the molecule is COCCN1CCN(C[C@H]2CCN(c3ccc(Cl)cc3)C2=O)CC1.CS(=O)(=O)O. The fraction of sp³-hybridized carbons (Fsp3) is 0.632. The predicted molar refractivity (Wildman–Crippen MR) is 114 cm³/mol. The second-order valence-corrected chi connectivity index (χ2v) is 9.22. The molecule has 0 aromatic heterocycles. The van der Waals surface area contributed by atoms with Crippen LogP contribution >= 0.6 is 11.6 Å². The van der Waals surface area contributed by atoms with E-state index in [2.05, 4.69) is 9.80 Å². The molecule has 0 radical (unpaired) electrons. The Bertz CT molecular complexity index is 744. The summed E-state index contributed by atoms with van der Waals surface area (Å²) >= 11 is 5.93. The number of nitrogens with zero attached hydrogens (tertiary/aromatic N) is 3. The van der Waals surface area contributed by atoms with E-state index >= 15 is 0 Å². The number of anilines is 1. The van der Waals surface area contributed by atoms with Crippen molar-refractivity contribution in [1.82, 2.24) is 9.80 Å². The van der Waals surface area contributed by atoms with Crippen LogP contribution in [-0.2, 0) is 19.6 Å². The zero-order chi connectivity index (χ0) is 21.4. The van der Waals surface area contributed by atoms with E-state index in [-0.39, 0.29) is 11.8 Å². The topological polar surface area (TPSA) is 90.4 Å². The Morgan fingerprint density at radius 1 is 1.10 bits per heavy atom. The van der Waals surface area contributed by atoms with E-state index in [0.717, 1.165) is 64.5 Å². The number of hydrogen-bond acceptors (Lipinski definition) is 6. The lowest BCUT2D eigenvalue weighted by molar-refractivity contribution is -0.121. The van der Waals surface area contributed by atoms with Crippen LogP contribution < -0.4 is 4.90 Å². The fourth-order valence-corrected chi connectivity index (χ4v) is 3.64. The predicted octanol–water partition coefficient (Wildman–Crippen LogP) is 1.46. The van der Waals surface area contributed by atoms with Crippen LogP contribution in [0.25, 0.3) is 0 Å². The molecule has 1 aromatic rings. The van der Waals surface area contributed by atoms with E-state index in [1.807, 2.05) is 29.2 Å². The third-order valence-electron chi connectivity index (χ3n) is 5.01. The molecule has 1 N–H and O–H groups in total. The summed E-state index contributed by atoms with van der Waals surface area (Å²) in [6, 6.07) is 7.54. The number of piperazine rings is 1. The number of halogens is 1. The summed E-state index contributed by atoms with van der Waals surface area (Å²) in [6.45, 7) is 7.66. The van der Waals surface area contributed by atoms with Crippen molar-refractivity contribution < 1.29 is 22.5 Å². The second kappa shape index (κ2) is 11.2. The Balaban J connectivity index is 0.000000537. The number of hydrogen-bond donors (Lipinski definition) is 1. The van der Waals surface area contributed by atoms with E-state index in [1.54, 1.807) is 7.11 Å². The molecule has 1 aromatic carbocycles. The lowest BCUT2D eigenvalue weighted by Gasteiger charge is -2.35. The highest BCUT2D eigenvalue weighted by atomic mass is 35.5. The molecular weight excluding hydrogens is 418 g/mol. The minimum atomic E-state index is -3.67. The Hall–Kier alpha value is -1.23. The lowest BCUT2D eigenvalue weighted by Crippen LogP contribution is -2.49. The molecule has 8 nitrogen and oxygen atoms in total. The first-order chi connectivity index (χ1) is 13.7. The molecular formula is C19H30ClN3O5S. The largest absolute Gasteiger partial charge is 0.383 e. The highest BCUT2D eigenvalue weighted by molar-refractivity contribution is 7.85. The lowest BCUT2D eigenvalue weighted by atomic mass is 10.1. The maximum atomic E-state index is 12.7. The quantitative estimate of drug-likeness (QED) is 0.660. The molecule has 164 valence electrons. The average molecular weight is 448 g/mol.